The van der Waals surface area contributed by atoms with E-state index < -0.39 is 0 Å². The van der Waals surface area contributed by atoms with Gasteiger partial charge >= 0.3 is 0 Å². The van der Waals surface area contributed by atoms with E-state index in [0.29, 0.717) is 0 Å². The van der Waals surface area contributed by atoms with Crippen molar-refractivity contribution < 1.29 is 0 Å². The molecule has 0 spiro atoms. The summed E-state index contributed by atoms with van der Waals surface area (Å²) in [7, 11) is 0. The van der Waals surface area contributed by atoms with E-state index in [1.54, 1.807) is 6.92 Å². The summed E-state index contributed by atoms with van der Waals surface area (Å²) < 4.78 is 0. The molecule has 0 nitrogen and oxygen atoms in total. The van der Waals surface area contributed by atoms with Crippen molar-refractivity contribution in [2.45, 2.75) is 124 Å². The van der Waals surface area contributed by atoms with Gasteiger partial charge in [-0.2, -0.15) is 0 Å². The SMILES string of the molecule is C#CC.CC.CC.CC.CC.CC.CC.CC.CC1CC1. The zero-order valence-corrected chi connectivity index (χ0v) is 19.1. The summed E-state index contributed by atoms with van der Waals surface area (Å²) in [5.41, 5.74) is 0. The van der Waals surface area contributed by atoms with Crippen LogP contribution < -0.4 is 0 Å². The van der Waals surface area contributed by atoms with Gasteiger partial charge in [0, 0.05) is 0 Å². The lowest BCUT2D eigenvalue weighted by atomic mass is 10.5. The highest BCUT2D eigenvalue weighted by Crippen LogP contribution is 2.26. The van der Waals surface area contributed by atoms with E-state index in [0.717, 1.165) is 5.92 Å². The van der Waals surface area contributed by atoms with Gasteiger partial charge in [-0.1, -0.05) is 117 Å². The molecule has 1 fully saturated rings. The van der Waals surface area contributed by atoms with E-state index in [-0.39, 0.29) is 0 Å². The summed E-state index contributed by atoms with van der Waals surface area (Å²) in [6.07, 6.45) is 7.57. The van der Waals surface area contributed by atoms with E-state index in [1.807, 2.05) is 96.9 Å². The van der Waals surface area contributed by atoms with Crippen LogP contribution in [0.5, 0.6) is 0 Å². The Morgan fingerprint density at radius 2 is 0.619 bits per heavy atom. The summed E-state index contributed by atoms with van der Waals surface area (Å²) >= 11 is 0. The maximum atomic E-state index is 4.60. The van der Waals surface area contributed by atoms with Crippen LogP contribution in [0.25, 0.3) is 0 Å². The standard InChI is InChI=1S/C4H8.C3H4.7C2H6/c1-4-2-3-4;1-3-2;7*1-2/h4H,2-3H2,1H3;1H,2H3;7*1-2H3. The molecule has 0 N–H and O–H groups in total. The van der Waals surface area contributed by atoms with Gasteiger partial charge in [0.25, 0.3) is 0 Å². The van der Waals surface area contributed by atoms with E-state index >= 15 is 0 Å². The highest BCUT2D eigenvalue weighted by molar-refractivity contribution is 4.73. The number of rotatable bonds is 0. The van der Waals surface area contributed by atoms with Crippen molar-refractivity contribution >= 4 is 0 Å². The van der Waals surface area contributed by atoms with Gasteiger partial charge in [-0.15, -0.1) is 12.3 Å². The molecule has 0 radical (unpaired) electrons. The lowest BCUT2D eigenvalue weighted by molar-refractivity contribution is 0.983. The van der Waals surface area contributed by atoms with Crippen LogP contribution >= 0.6 is 0 Å². The van der Waals surface area contributed by atoms with Gasteiger partial charge in [0.2, 0.25) is 0 Å². The maximum absolute atomic E-state index is 4.60. The molecule has 1 aliphatic rings. The van der Waals surface area contributed by atoms with Crippen LogP contribution in [0.2, 0.25) is 0 Å². The normalized spacial score (nSPS) is 7.38. The Morgan fingerprint density at radius 3 is 0.619 bits per heavy atom. The van der Waals surface area contributed by atoms with Crippen LogP contribution in [0, 0.1) is 18.3 Å². The van der Waals surface area contributed by atoms with Crippen molar-refractivity contribution in [3.63, 3.8) is 0 Å². The fourth-order valence-electron chi connectivity index (χ4n) is 0.167. The molecule has 0 aromatic carbocycles. The van der Waals surface area contributed by atoms with Gasteiger partial charge in [-0.05, 0) is 12.8 Å². The molecule has 138 valence electrons. The molecule has 0 unspecified atom stereocenters. The molecule has 1 aliphatic carbocycles. The molecule has 1 saturated carbocycles. The van der Waals surface area contributed by atoms with Gasteiger partial charge in [0.15, 0.2) is 0 Å². The third-order valence-corrected chi connectivity index (χ3v) is 0.866. The second-order valence-corrected chi connectivity index (χ2v) is 1.97. The summed E-state index contributed by atoms with van der Waals surface area (Å²) in [5, 5.41) is 0. The zero-order chi connectivity index (χ0) is 19.7. The van der Waals surface area contributed by atoms with Crippen LogP contribution in [0.15, 0.2) is 0 Å². The zero-order valence-electron chi connectivity index (χ0n) is 19.1. The van der Waals surface area contributed by atoms with Crippen molar-refractivity contribution in [2.24, 2.45) is 5.92 Å². The third-order valence-electron chi connectivity index (χ3n) is 0.866. The van der Waals surface area contributed by atoms with Crippen molar-refractivity contribution in [1.29, 1.82) is 0 Å². The Labute approximate surface area is 142 Å². The monoisotopic (exact) mass is 306 g/mol. The first kappa shape index (κ1) is 49.9. The van der Waals surface area contributed by atoms with Crippen LogP contribution in [0.3, 0.4) is 0 Å². The smallest absolute Gasteiger partial charge is 0.00297 e. The molecule has 0 aromatic rings. The first-order valence-corrected chi connectivity index (χ1v) is 9.68. The molecule has 0 heterocycles. The molecule has 0 aromatic heterocycles. The first-order chi connectivity index (χ1) is 10.3. The molecule has 0 saturated heterocycles. The van der Waals surface area contributed by atoms with Gasteiger partial charge in [0.1, 0.15) is 0 Å². The number of hydrogen-bond donors (Lipinski definition) is 0. The summed E-state index contributed by atoms with van der Waals surface area (Å²) in [6, 6.07) is 0. The molecule has 1 rings (SSSR count). The molecule has 0 aliphatic heterocycles. The Kier molecular flexibility index (Phi) is 518. The van der Waals surface area contributed by atoms with Crippen molar-refractivity contribution in [2.75, 3.05) is 0 Å². The lowest BCUT2D eigenvalue weighted by Crippen LogP contribution is -1.42. The molecule has 0 bridgehead atoms. The van der Waals surface area contributed by atoms with Crippen LogP contribution in [-0.2, 0) is 0 Å². The van der Waals surface area contributed by atoms with E-state index in [1.165, 1.54) is 12.8 Å². The highest BCUT2D eigenvalue weighted by Gasteiger charge is 2.12. The minimum atomic E-state index is 1.08. The number of terminal acetylenes is 1. The van der Waals surface area contributed by atoms with E-state index in [4.69, 9.17) is 0 Å². The van der Waals surface area contributed by atoms with E-state index in [9.17, 15) is 0 Å². The number of hydrogen-bond acceptors (Lipinski definition) is 0. The molecular formula is C21H54. The van der Waals surface area contributed by atoms with Crippen molar-refractivity contribution in [3.8, 4) is 12.3 Å². The first-order valence-electron chi connectivity index (χ1n) is 9.68. The Hall–Kier alpha value is -0.440. The van der Waals surface area contributed by atoms with Gasteiger partial charge in [-0.3, -0.25) is 0 Å². The Balaban J connectivity index is -0.0000000155. The fraction of sp³-hybridized carbons (Fsp3) is 0.905. The quantitative estimate of drug-likeness (QED) is 0.391. The average Bonchev–Trinajstić information content (AvgIpc) is 3.43. The largest absolute Gasteiger partial charge is 0.120 e. The third kappa shape index (κ3) is 920. The van der Waals surface area contributed by atoms with Crippen molar-refractivity contribution in [1.82, 2.24) is 0 Å². The molecule has 0 amide bonds. The van der Waals surface area contributed by atoms with E-state index in [2.05, 4.69) is 19.3 Å². The van der Waals surface area contributed by atoms with Gasteiger partial charge < -0.3 is 0 Å². The topological polar surface area (TPSA) is 0 Å². The summed E-state index contributed by atoms with van der Waals surface area (Å²) in [5.74, 6) is 3.33. The van der Waals surface area contributed by atoms with Crippen LogP contribution in [0.4, 0.5) is 0 Å². The summed E-state index contributed by atoms with van der Waals surface area (Å²) in [6.45, 7) is 31.9. The Morgan fingerprint density at radius 1 is 0.571 bits per heavy atom. The molecule has 0 heteroatoms. The molecule has 0 atom stereocenters. The minimum absolute atomic E-state index is 1.08. The second kappa shape index (κ2) is 218. The average molecular weight is 307 g/mol. The Bertz CT molecular complexity index is 62.6. The predicted molar refractivity (Wildman–Crippen MR) is 112 cm³/mol. The molecule has 21 heavy (non-hydrogen) atoms. The highest BCUT2D eigenvalue weighted by atomic mass is 14.2. The molecular weight excluding hydrogens is 252 g/mol. The maximum Gasteiger partial charge on any atom is -0.00297 e. The van der Waals surface area contributed by atoms with Gasteiger partial charge in [-0.25, -0.2) is 0 Å². The lowest BCUT2D eigenvalue weighted by Gasteiger charge is -1.53. The summed E-state index contributed by atoms with van der Waals surface area (Å²) in [4.78, 5) is 0. The van der Waals surface area contributed by atoms with Crippen molar-refractivity contribution in [3.05, 3.63) is 0 Å². The van der Waals surface area contributed by atoms with Crippen LogP contribution in [0.1, 0.15) is 124 Å². The van der Waals surface area contributed by atoms with Crippen LogP contribution in [-0.4, -0.2) is 0 Å². The minimum Gasteiger partial charge on any atom is -0.120 e. The van der Waals surface area contributed by atoms with Gasteiger partial charge in [0.05, 0.1) is 0 Å². The second-order valence-electron chi connectivity index (χ2n) is 1.97. The predicted octanol–water partition coefficient (Wildman–Crippen LogP) is 9.24. The fourth-order valence-corrected chi connectivity index (χ4v) is 0.167.